The number of aryl methyl sites for hydroxylation is 2. The zero-order valence-corrected chi connectivity index (χ0v) is 21.2. The van der Waals surface area contributed by atoms with Crippen molar-refractivity contribution in [3.63, 3.8) is 0 Å². The SMILES string of the molecule is CCCC/C=C(\NCCCCc1ccccc1)c1ccccc1CNCCc1ccccc1C. The van der Waals surface area contributed by atoms with Crippen molar-refractivity contribution < 1.29 is 0 Å². The highest BCUT2D eigenvalue weighted by Crippen LogP contribution is 2.19. The first-order chi connectivity index (χ1) is 16.8. The van der Waals surface area contributed by atoms with E-state index < -0.39 is 0 Å². The summed E-state index contributed by atoms with van der Waals surface area (Å²) < 4.78 is 0. The smallest absolute Gasteiger partial charge is 0.0376 e. The normalized spacial score (nSPS) is 11.5. The lowest BCUT2D eigenvalue weighted by atomic mass is 10.0. The number of benzene rings is 3. The average Bonchev–Trinajstić information content (AvgIpc) is 2.87. The van der Waals surface area contributed by atoms with E-state index in [0.29, 0.717) is 0 Å². The third-order valence-electron chi connectivity index (χ3n) is 6.41. The lowest BCUT2D eigenvalue weighted by Gasteiger charge is -2.17. The Bertz CT molecular complexity index is 991. The van der Waals surface area contributed by atoms with Gasteiger partial charge in [0.2, 0.25) is 0 Å². The van der Waals surface area contributed by atoms with Crippen LogP contribution in [0.4, 0.5) is 0 Å². The van der Waals surface area contributed by atoms with Crippen molar-refractivity contribution >= 4 is 5.70 Å². The molecule has 3 aromatic carbocycles. The van der Waals surface area contributed by atoms with E-state index >= 15 is 0 Å². The maximum absolute atomic E-state index is 3.78. The molecule has 0 aromatic heterocycles. The molecule has 2 N–H and O–H groups in total. The summed E-state index contributed by atoms with van der Waals surface area (Å²) in [7, 11) is 0. The Morgan fingerprint density at radius 3 is 2.26 bits per heavy atom. The van der Waals surface area contributed by atoms with E-state index in [4.69, 9.17) is 0 Å². The van der Waals surface area contributed by atoms with Crippen molar-refractivity contribution in [3.05, 3.63) is 113 Å². The van der Waals surface area contributed by atoms with Gasteiger partial charge in [-0.15, -0.1) is 0 Å². The van der Waals surface area contributed by atoms with Crippen LogP contribution < -0.4 is 10.6 Å². The van der Waals surface area contributed by atoms with Gasteiger partial charge in [-0.2, -0.15) is 0 Å². The summed E-state index contributed by atoms with van der Waals surface area (Å²) in [5.41, 5.74) is 8.24. The molecule has 0 heterocycles. The first-order valence-corrected chi connectivity index (χ1v) is 13.1. The first-order valence-electron chi connectivity index (χ1n) is 13.1. The number of rotatable bonds is 15. The number of hydrogen-bond donors (Lipinski definition) is 2. The van der Waals surface area contributed by atoms with Gasteiger partial charge in [-0.1, -0.05) is 98.3 Å². The molecule has 3 rings (SSSR count). The van der Waals surface area contributed by atoms with Gasteiger partial charge >= 0.3 is 0 Å². The Balaban J connectivity index is 1.54. The van der Waals surface area contributed by atoms with Gasteiger partial charge in [0.1, 0.15) is 0 Å². The fraction of sp³-hybridized carbons (Fsp3) is 0.375. The van der Waals surface area contributed by atoms with Crippen molar-refractivity contribution in [2.45, 2.75) is 65.3 Å². The van der Waals surface area contributed by atoms with E-state index in [0.717, 1.165) is 38.9 Å². The van der Waals surface area contributed by atoms with Gasteiger partial charge < -0.3 is 10.6 Å². The van der Waals surface area contributed by atoms with Crippen LogP contribution in [0.5, 0.6) is 0 Å². The lowest BCUT2D eigenvalue weighted by Crippen LogP contribution is -2.20. The summed E-state index contributed by atoms with van der Waals surface area (Å²) >= 11 is 0. The van der Waals surface area contributed by atoms with Crippen molar-refractivity contribution in [3.8, 4) is 0 Å². The molecule has 180 valence electrons. The molecule has 0 aliphatic heterocycles. The summed E-state index contributed by atoms with van der Waals surface area (Å²) in [5.74, 6) is 0. The molecular formula is C32H42N2. The predicted molar refractivity (Wildman–Crippen MR) is 148 cm³/mol. The van der Waals surface area contributed by atoms with E-state index in [1.165, 1.54) is 59.2 Å². The Kier molecular flexibility index (Phi) is 11.5. The van der Waals surface area contributed by atoms with E-state index in [1.54, 1.807) is 0 Å². The number of hydrogen-bond acceptors (Lipinski definition) is 2. The molecule has 0 radical (unpaired) electrons. The Morgan fingerprint density at radius 1 is 0.735 bits per heavy atom. The Hall–Kier alpha value is -2.84. The highest BCUT2D eigenvalue weighted by molar-refractivity contribution is 5.66. The minimum absolute atomic E-state index is 0.892. The Morgan fingerprint density at radius 2 is 1.47 bits per heavy atom. The molecule has 0 bridgehead atoms. The molecule has 0 saturated carbocycles. The molecule has 0 amide bonds. The Labute approximate surface area is 207 Å². The molecule has 0 fully saturated rings. The molecule has 34 heavy (non-hydrogen) atoms. The van der Waals surface area contributed by atoms with Crippen molar-refractivity contribution in [1.82, 2.24) is 10.6 Å². The lowest BCUT2D eigenvalue weighted by molar-refractivity contribution is 0.680. The monoisotopic (exact) mass is 454 g/mol. The van der Waals surface area contributed by atoms with Crippen LogP contribution in [0.15, 0.2) is 84.9 Å². The minimum Gasteiger partial charge on any atom is -0.385 e. The third-order valence-corrected chi connectivity index (χ3v) is 6.41. The highest BCUT2D eigenvalue weighted by atomic mass is 14.9. The van der Waals surface area contributed by atoms with Crippen LogP contribution >= 0.6 is 0 Å². The second kappa shape index (κ2) is 15.1. The van der Waals surface area contributed by atoms with Gasteiger partial charge in [-0.3, -0.25) is 0 Å². The molecule has 2 nitrogen and oxygen atoms in total. The zero-order chi connectivity index (χ0) is 23.8. The van der Waals surface area contributed by atoms with E-state index in [-0.39, 0.29) is 0 Å². The molecule has 0 unspecified atom stereocenters. The average molecular weight is 455 g/mol. The molecule has 0 aliphatic carbocycles. The maximum atomic E-state index is 3.78. The fourth-order valence-electron chi connectivity index (χ4n) is 4.32. The molecule has 0 atom stereocenters. The van der Waals surface area contributed by atoms with Crippen LogP contribution in [0.1, 0.15) is 66.8 Å². The quantitative estimate of drug-likeness (QED) is 0.233. The van der Waals surface area contributed by atoms with Crippen molar-refractivity contribution in [2.75, 3.05) is 13.1 Å². The predicted octanol–water partition coefficient (Wildman–Crippen LogP) is 7.47. The van der Waals surface area contributed by atoms with Crippen LogP contribution in [-0.2, 0) is 19.4 Å². The van der Waals surface area contributed by atoms with E-state index in [2.05, 4.69) is 109 Å². The topological polar surface area (TPSA) is 24.1 Å². The molecule has 0 spiro atoms. The molecule has 3 aromatic rings. The summed E-state index contributed by atoms with van der Waals surface area (Å²) in [5, 5.41) is 7.46. The zero-order valence-electron chi connectivity index (χ0n) is 21.2. The molecule has 2 heteroatoms. The summed E-state index contributed by atoms with van der Waals surface area (Å²) in [6, 6.07) is 28.4. The van der Waals surface area contributed by atoms with Gasteiger partial charge in [0.05, 0.1) is 0 Å². The summed E-state index contributed by atoms with van der Waals surface area (Å²) in [4.78, 5) is 0. The fourth-order valence-corrected chi connectivity index (χ4v) is 4.32. The van der Waals surface area contributed by atoms with E-state index in [1.807, 2.05) is 0 Å². The second-order valence-corrected chi connectivity index (χ2v) is 9.14. The molecular weight excluding hydrogens is 412 g/mol. The highest BCUT2D eigenvalue weighted by Gasteiger charge is 2.07. The van der Waals surface area contributed by atoms with Crippen molar-refractivity contribution in [2.24, 2.45) is 0 Å². The van der Waals surface area contributed by atoms with Crippen LogP contribution in [0.25, 0.3) is 5.70 Å². The summed E-state index contributed by atoms with van der Waals surface area (Å²) in [6.45, 7) is 7.35. The van der Waals surface area contributed by atoms with Gasteiger partial charge in [0.15, 0.2) is 0 Å². The van der Waals surface area contributed by atoms with Gasteiger partial charge in [0, 0.05) is 24.4 Å². The summed E-state index contributed by atoms with van der Waals surface area (Å²) in [6.07, 6.45) is 10.6. The standard InChI is InChI=1S/C32H42N2/c1-3-4-6-22-32(34-24-14-13-18-28-16-7-5-8-17-28)31-21-12-11-20-30(31)26-33-25-23-29-19-10-9-15-27(29)2/h5,7-12,15-17,19-22,33-34H,3-4,6,13-14,18,23-26H2,1-2H3/b32-22-. The number of nitrogens with one attached hydrogen (secondary N) is 2. The molecule has 0 aliphatic rings. The van der Waals surface area contributed by atoms with Gasteiger partial charge in [-0.25, -0.2) is 0 Å². The van der Waals surface area contributed by atoms with Crippen LogP contribution in [0, 0.1) is 6.92 Å². The van der Waals surface area contributed by atoms with Crippen molar-refractivity contribution in [1.29, 1.82) is 0 Å². The minimum atomic E-state index is 0.892. The largest absolute Gasteiger partial charge is 0.385 e. The van der Waals surface area contributed by atoms with Gasteiger partial charge in [-0.05, 0) is 74.2 Å². The van der Waals surface area contributed by atoms with Crippen LogP contribution in [0.2, 0.25) is 0 Å². The second-order valence-electron chi connectivity index (χ2n) is 9.14. The van der Waals surface area contributed by atoms with Crippen LogP contribution in [0.3, 0.4) is 0 Å². The maximum Gasteiger partial charge on any atom is 0.0376 e. The number of allylic oxidation sites excluding steroid dienone is 1. The number of unbranched alkanes of at least 4 members (excludes halogenated alkanes) is 3. The first kappa shape index (κ1) is 25.8. The third kappa shape index (κ3) is 8.83. The van der Waals surface area contributed by atoms with Gasteiger partial charge in [0.25, 0.3) is 0 Å². The molecule has 0 saturated heterocycles. The van der Waals surface area contributed by atoms with E-state index in [9.17, 15) is 0 Å². The van der Waals surface area contributed by atoms with Crippen LogP contribution in [-0.4, -0.2) is 13.1 Å².